The fraction of sp³-hybridized carbons (Fsp3) is 0.526. The maximum atomic E-state index is 12.5. The normalized spacial score (nSPS) is 16.1. The molecule has 22 heavy (non-hydrogen) atoms. The molecule has 3 heteroatoms. The highest BCUT2D eigenvalue weighted by molar-refractivity contribution is 6.08. The van der Waals surface area contributed by atoms with Gasteiger partial charge in [-0.15, -0.1) is 0 Å². The number of carbonyl (C=O) groups excluding carboxylic acids is 1. The fourth-order valence-electron chi connectivity index (χ4n) is 3.76. The summed E-state index contributed by atoms with van der Waals surface area (Å²) in [5.74, 6) is 0.874. The summed E-state index contributed by atoms with van der Waals surface area (Å²) < 4.78 is 2.04. The molecule has 0 atom stereocenters. The van der Waals surface area contributed by atoms with Gasteiger partial charge >= 0.3 is 0 Å². The molecule has 3 nitrogen and oxygen atoms in total. The van der Waals surface area contributed by atoms with Gasteiger partial charge in [0.25, 0.3) is 5.91 Å². The molecule has 1 aliphatic rings. The van der Waals surface area contributed by atoms with Crippen LogP contribution in [0.1, 0.15) is 54.4 Å². The highest BCUT2D eigenvalue weighted by atomic mass is 16.1. The first kappa shape index (κ1) is 15.1. The lowest BCUT2D eigenvalue weighted by atomic mass is 9.87. The Hall–Kier alpha value is -1.77. The summed E-state index contributed by atoms with van der Waals surface area (Å²) in [4.78, 5) is 12.5. The van der Waals surface area contributed by atoms with Crippen molar-refractivity contribution in [2.75, 3.05) is 6.54 Å². The van der Waals surface area contributed by atoms with E-state index in [0.717, 1.165) is 40.9 Å². The van der Waals surface area contributed by atoms with Gasteiger partial charge in [0, 0.05) is 30.7 Å². The van der Waals surface area contributed by atoms with Gasteiger partial charge in [-0.1, -0.05) is 44.2 Å². The molecule has 1 N–H and O–H groups in total. The van der Waals surface area contributed by atoms with Crippen LogP contribution in [0.15, 0.2) is 24.4 Å². The second-order valence-corrected chi connectivity index (χ2v) is 6.67. The highest BCUT2D eigenvalue weighted by Crippen LogP contribution is 2.26. The van der Waals surface area contributed by atoms with E-state index in [-0.39, 0.29) is 5.91 Å². The largest absolute Gasteiger partial charge is 0.352 e. The lowest BCUT2D eigenvalue weighted by molar-refractivity contribution is 0.0952. The SMILES string of the molecule is Cc1cccc2c1c(C(=O)NCCC1CCCCC1)cn2C. The zero-order valence-corrected chi connectivity index (χ0v) is 13.7. The summed E-state index contributed by atoms with van der Waals surface area (Å²) in [6.45, 7) is 2.87. The minimum absolute atomic E-state index is 0.0655. The quantitative estimate of drug-likeness (QED) is 0.902. The van der Waals surface area contributed by atoms with Gasteiger partial charge < -0.3 is 9.88 Å². The Morgan fingerprint density at radius 3 is 2.82 bits per heavy atom. The summed E-state index contributed by atoms with van der Waals surface area (Å²) in [5.41, 5.74) is 3.09. The molecule has 0 unspecified atom stereocenters. The van der Waals surface area contributed by atoms with Crippen LogP contribution in [-0.4, -0.2) is 17.0 Å². The molecule has 0 saturated heterocycles. The Bertz CT molecular complexity index is 665. The number of rotatable bonds is 4. The highest BCUT2D eigenvalue weighted by Gasteiger charge is 2.17. The first-order valence-electron chi connectivity index (χ1n) is 8.49. The summed E-state index contributed by atoms with van der Waals surface area (Å²) in [5, 5.41) is 4.21. The molecule has 1 fully saturated rings. The first-order chi connectivity index (χ1) is 10.7. The molecule has 0 bridgehead atoms. The van der Waals surface area contributed by atoms with Gasteiger partial charge in [-0.25, -0.2) is 0 Å². The third-order valence-electron chi connectivity index (χ3n) is 5.03. The minimum Gasteiger partial charge on any atom is -0.352 e. The molecule has 0 radical (unpaired) electrons. The van der Waals surface area contributed by atoms with Gasteiger partial charge in [0.05, 0.1) is 5.56 Å². The molecule has 1 aliphatic carbocycles. The van der Waals surface area contributed by atoms with Crippen molar-refractivity contribution in [3.8, 4) is 0 Å². The van der Waals surface area contributed by atoms with Crippen molar-refractivity contribution in [1.82, 2.24) is 9.88 Å². The van der Waals surface area contributed by atoms with E-state index in [1.165, 1.54) is 32.1 Å². The van der Waals surface area contributed by atoms with Crippen LogP contribution in [0.2, 0.25) is 0 Å². The second kappa shape index (κ2) is 6.55. The first-order valence-corrected chi connectivity index (χ1v) is 8.49. The fourth-order valence-corrected chi connectivity index (χ4v) is 3.76. The molecule has 1 aromatic heterocycles. The lowest BCUT2D eigenvalue weighted by Gasteiger charge is -2.21. The molecule has 1 aromatic carbocycles. The van der Waals surface area contributed by atoms with E-state index in [1.54, 1.807) is 0 Å². The van der Waals surface area contributed by atoms with Crippen molar-refractivity contribution in [2.45, 2.75) is 45.4 Å². The van der Waals surface area contributed by atoms with Crippen molar-refractivity contribution in [3.05, 3.63) is 35.5 Å². The van der Waals surface area contributed by atoms with Gasteiger partial charge in [0.1, 0.15) is 0 Å². The molecular weight excluding hydrogens is 272 g/mol. The van der Waals surface area contributed by atoms with Crippen molar-refractivity contribution in [1.29, 1.82) is 0 Å². The van der Waals surface area contributed by atoms with Gasteiger partial charge in [-0.2, -0.15) is 0 Å². The average molecular weight is 298 g/mol. The summed E-state index contributed by atoms with van der Waals surface area (Å²) in [7, 11) is 2.00. The van der Waals surface area contributed by atoms with Crippen LogP contribution < -0.4 is 5.32 Å². The number of aromatic nitrogens is 1. The third kappa shape index (κ3) is 3.03. The van der Waals surface area contributed by atoms with Crippen molar-refractivity contribution >= 4 is 16.8 Å². The number of hydrogen-bond acceptors (Lipinski definition) is 1. The van der Waals surface area contributed by atoms with Crippen LogP contribution in [0, 0.1) is 12.8 Å². The Morgan fingerprint density at radius 2 is 2.05 bits per heavy atom. The van der Waals surface area contributed by atoms with Crippen LogP contribution in [0.3, 0.4) is 0 Å². The van der Waals surface area contributed by atoms with Crippen LogP contribution >= 0.6 is 0 Å². The number of nitrogens with one attached hydrogen (secondary N) is 1. The average Bonchev–Trinajstić information content (AvgIpc) is 2.87. The number of aryl methyl sites for hydroxylation is 2. The van der Waals surface area contributed by atoms with Crippen molar-refractivity contribution < 1.29 is 4.79 Å². The third-order valence-corrected chi connectivity index (χ3v) is 5.03. The van der Waals surface area contributed by atoms with Crippen LogP contribution in [0.4, 0.5) is 0 Å². The summed E-state index contributed by atoms with van der Waals surface area (Å²) in [6.07, 6.45) is 9.86. The molecule has 2 aromatic rings. The summed E-state index contributed by atoms with van der Waals surface area (Å²) in [6, 6.07) is 6.19. The number of hydrogen-bond donors (Lipinski definition) is 1. The predicted octanol–water partition coefficient (Wildman–Crippen LogP) is 4.19. The monoisotopic (exact) mass is 298 g/mol. The van der Waals surface area contributed by atoms with Gasteiger partial charge in [0.15, 0.2) is 0 Å². The number of carbonyl (C=O) groups is 1. The lowest BCUT2D eigenvalue weighted by Crippen LogP contribution is -2.26. The number of nitrogens with zero attached hydrogens (tertiary/aromatic N) is 1. The van der Waals surface area contributed by atoms with Crippen molar-refractivity contribution in [3.63, 3.8) is 0 Å². The Morgan fingerprint density at radius 1 is 1.27 bits per heavy atom. The molecule has 118 valence electrons. The van der Waals surface area contributed by atoms with Gasteiger partial charge in [-0.05, 0) is 30.9 Å². The Kier molecular flexibility index (Phi) is 4.51. The molecule has 1 heterocycles. The molecular formula is C19H26N2O. The van der Waals surface area contributed by atoms with Crippen LogP contribution in [0.5, 0.6) is 0 Å². The van der Waals surface area contributed by atoms with Gasteiger partial charge in [0.2, 0.25) is 0 Å². The topological polar surface area (TPSA) is 34.0 Å². The second-order valence-electron chi connectivity index (χ2n) is 6.67. The van der Waals surface area contributed by atoms with Crippen LogP contribution in [-0.2, 0) is 7.05 Å². The molecule has 0 spiro atoms. The molecule has 1 saturated carbocycles. The molecule has 1 amide bonds. The van der Waals surface area contributed by atoms with Crippen LogP contribution in [0.25, 0.3) is 10.9 Å². The maximum Gasteiger partial charge on any atom is 0.253 e. The zero-order chi connectivity index (χ0) is 15.5. The van der Waals surface area contributed by atoms with E-state index in [4.69, 9.17) is 0 Å². The standard InChI is InChI=1S/C19H26N2O/c1-14-7-6-10-17-18(14)16(13-21(17)2)19(22)20-12-11-15-8-4-3-5-9-15/h6-7,10,13,15H,3-5,8-9,11-12H2,1-2H3,(H,20,22). The van der Waals surface area contributed by atoms with E-state index in [1.807, 2.05) is 23.9 Å². The minimum atomic E-state index is 0.0655. The maximum absolute atomic E-state index is 12.5. The Labute approximate surface area is 132 Å². The molecule has 0 aliphatic heterocycles. The smallest absolute Gasteiger partial charge is 0.253 e. The summed E-state index contributed by atoms with van der Waals surface area (Å²) >= 11 is 0. The number of fused-ring (bicyclic) bond motifs is 1. The van der Waals surface area contributed by atoms with E-state index in [2.05, 4.69) is 24.4 Å². The molecule has 3 rings (SSSR count). The Balaban J connectivity index is 1.67. The number of amides is 1. The van der Waals surface area contributed by atoms with Gasteiger partial charge in [-0.3, -0.25) is 4.79 Å². The van der Waals surface area contributed by atoms with E-state index in [9.17, 15) is 4.79 Å². The predicted molar refractivity (Wildman–Crippen MR) is 91.2 cm³/mol. The number of benzene rings is 1. The van der Waals surface area contributed by atoms with E-state index in [0.29, 0.717) is 0 Å². The van der Waals surface area contributed by atoms with Crippen molar-refractivity contribution in [2.24, 2.45) is 13.0 Å². The van der Waals surface area contributed by atoms with E-state index < -0.39 is 0 Å². The zero-order valence-electron chi connectivity index (χ0n) is 13.7. The van der Waals surface area contributed by atoms with E-state index >= 15 is 0 Å².